The van der Waals surface area contributed by atoms with Gasteiger partial charge in [0.1, 0.15) is 11.2 Å². The first-order valence-corrected chi connectivity index (χ1v) is 6.02. The standard InChI is InChI=1S/C14H20O2/c1-4-15-13(3)11-14(13,16-5-2)12-9-7-6-8-10-12/h6-10H,4-5,11H2,1-3H3/t13-,14-/m1/s1. The van der Waals surface area contributed by atoms with Crippen molar-refractivity contribution in [1.82, 2.24) is 0 Å². The topological polar surface area (TPSA) is 18.5 Å². The normalized spacial score (nSPS) is 32.7. The summed E-state index contributed by atoms with van der Waals surface area (Å²) >= 11 is 0. The monoisotopic (exact) mass is 220 g/mol. The molecular formula is C14H20O2. The Labute approximate surface area is 97.6 Å². The molecule has 0 heterocycles. The second kappa shape index (κ2) is 4.19. The van der Waals surface area contributed by atoms with Gasteiger partial charge in [-0.05, 0) is 26.3 Å². The van der Waals surface area contributed by atoms with Gasteiger partial charge in [-0.15, -0.1) is 0 Å². The Morgan fingerprint density at radius 1 is 1.06 bits per heavy atom. The van der Waals surface area contributed by atoms with Crippen molar-refractivity contribution in [3.8, 4) is 0 Å². The molecule has 2 heteroatoms. The molecular weight excluding hydrogens is 200 g/mol. The van der Waals surface area contributed by atoms with E-state index >= 15 is 0 Å². The summed E-state index contributed by atoms with van der Waals surface area (Å²) in [5.74, 6) is 0. The van der Waals surface area contributed by atoms with Crippen LogP contribution in [-0.2, 0) is 15.1 Å². The van der Waals surface area contributed by atoms with Crippen LogP contribution in [0.3, 0.4) is 0 Å². The number of hydrogen-bond donors (Lipinski definition) is 0. The van der Waals surface area contributed by atoms with Gasteiger partial charge < -0.3 is 9.47 Å². The Morgan fingerprint density at radius 2 is 1.69 bits per heavy atom. The summed E-state index contributed by atoms with van der Waals surface area (Å²) in [5.41, 5.74) is 0.853. The molecule has 16 heavy (non-hydrogen) atoms. The van der Waals surface area contributed by atoms with Crippen LogP contribution in [0.5, 0.6) is 0 Å². The van der Waals surface area contributed by atoms with Crippen LogP contribution in [-0.4, -0.2) is 18.8 Å². The third-order valence-corrected chi connectivity index (χ3v) is 3.41. The molecule has 1 aromatic rings. The van der Waals surface area contributed by atoms with Gasteiger partial charge in [-0.1, -0.05) is 30.3 Å². The zero-order valence-electron chi connectivity index (χ0n) is 10.3. The highest BCUT2D eigenvalue weighted by Gasteiger charge is 2.68. The summed E-state index contributed by atoms with van der Waals surface area (Å²) in [5, 5.41) is 0. The summed E-state index contributed by atoms with van der Waals surface area (Å²) in [4.78, 5) is 0. The Kier molecular flexibility index (Phi) is 3.04. The van der Waals surface area contributed by atoms with E-state index in [1.54, 1.807) is 0 Å². The minimum Gasteiger partial charge on any atom is -0.372 e. The lowest BCUT2D eigenvalue weighted by atomic mass is 10.0. The van der Waals surface area contributed by atoms with Crippen LogP contribution >= 0.6 is 0 Å². The molecule has 1 fully saturated rings. The average Bonchev–Trinajstić information content (AvgIpc) is 2.87. The lowest BCUT2D eigenvalue weighted by molar-refractivity contribution is -0.0613. The van der Waals surface area contributed by atoms with Crippen LogP contribution in [0, 0.1) is 0 Å². The molecule has 0 N–H and O–H groups in total. The molecule has 1 aromatic carbocycles. The third-order valence-electron chi connectivity index (χ3n) is 3.41. The maximum absolute atomic E-state index is 5.97. The highest BCUT2D eigenvalue weighted by molar-refractivity contribution is 5.36. The van der Waals surface area contributed by atoms with Crippen LogP contribution in [0.25, 0.3) is 0 Å². The van der Waals surface area contributed by atoms with E-state index in [-0.39, 0.29) is 11.2 Å². The molecule has 88 valence electrons. The van der Waals surface area contributed by atoms with Crippen LogP contribution in [0.15, 0.2) is 30.3 Å². The highest BCUT2D eigenvalue weighted by atomic mass is 16.6. The van der Waals surface area contributed by atoms with Gasteiger partial charge in [-0.25, -0.2) is 0 Å². The number of rotatable bonds is 5. The summed E-state index contributed by atoms with van der Waals surface area (Å²) in [6.07, 6.45) is 0.950. The second-order valence-electron chi connectivity index (χ2n) is 4.47. The Morgan fingerprint density at radius 3 is 2.25 bits per heavy atom. The SMILES string of the molecule is CCO[C@]1(C)C[C@@]1(OCC)c1ccccc1. The van der Waals surface area contributed by atoms with Gasteiger partial charge in [-0.3, -0.25) is 0 Å². The van der Waals surface area contributed by atoms with Gasteiger partial charge in [0.2, 0.25) is 0 Å². The van der Waals surface area contributed by atoms with Gasteiger partial charge in [0.05, 0.1) is 0 Å². The van der Waals surface area contributed by atoms with Crippen molar-refractivity contribution in [2.24, 2.45) is 0 Å². The molecule has 2 rings (SSSR count). The zero-order valence-corrected chi connectivity index (χ0v) is 10.3. The molecule has 0 spiro atoms. The second-order valence-corrected chi connectivity index (χ2v) is 4.47. The largest absolute Gasteiger partial charge is 0.372 e. The molecule has 0 bridgehead atoms. The molecule has 1 saturated carbocycles. The fourth-order valence-corrected chi connectivity index (χ4v) is 2.57. The van der Waals surface area contributed by atoms with E-state index in [0.717, 1.165) is 19.6 Å². The van der Waals surface area contributed by atoms with Crippen LogP contribution < -0.4 is 0 Å². The fourth-order valence-electron chi connectivity index (χ4n) is 2.57. The first kappa shape index (κ1) is 11.6. The van der Waals surface area contributed by atoms with Gasteiger partial charge in [-0.2, -0.15) is 0 Å². The summed E-state index contributed by atoms with van der Waals surface area (Å²) in [6.45, 7) is 7.66. The summed E-state index contributed by atoms with van der Waals surface area (Å²) in [6, 6.07) is 10.4. The quantitative estimate of drug-likeness (QED) is 0.759. The molecule has 0 aliphatic heterocycles. The minimum atomic E-state index is -0.223. The van der Waals surface area contributed by atoms with Gasteiger partial charge in [0.25, 0.3) is 0 Å². The van der Waals surface area contributed by atoms with E-state index < -0.39 is 0 Å². The lowest BCUT2D eigenvalue weighted by Gasteiger charge is -2.23. The van der Waals surface area contributed by atoms with E-state index in [9.17, 15) is 0 Å². The smallest absolute Gasteiger partial charge is 0.125 e. The third kappa shape index (κ3) is 1.66. The van der Waals surface area contributed by atoms with Crippen molar-refractivity contribution in [2.45, 2.75) is 38.4 Å². The fraction of sp³-hybridized carbons (Fsp3) is 0.571. The molecule has 0 amide bonds. The molecule has 2 nitrogen and oxygen atoms in total. The summed E-state index contributed by atoms with van der Waals surface area (Å²) < 4.78 is 11.8. The molecule has 1 aliphatic rings. The van der Waals surface area contributed by atoms with Crippen molar-refractivity contribution in [2.75, 3.05) is 13.2 Å². The van der Waals surface area contributed by atoms with Crippen molar-refractivity contribution in [1.29, 1.82) is 0 Å². The first-order chi connectivity index (χ1) is 7.68. The highest BCUT2D eigenvalue weighted by Crippen LogP contribution is 2.60. The van der Waals surface area contributed by atoms with Crippen molar-refractivity contribution in [3.63, 3.8) is 0 Å². The van der Waals surface area contributed by atoms with Gasteiger partial charge >= 0.3 is 0 Å². The molecule has 0 aromatic heterocycles. The van der Waals surface area contributed by atoms with E-state index in [4.69, 9.17) is 9.47 Å². The maximum Gasteiger partial charge on any atom is 0.125 e. The van der Waals surface area contributed by atoms with Crippen LogP contribution in [0.4, 0.5) is 0 Å². The van der Waals surface area contributed by atoms with Crippen LogP contribution in [0.1, 0.15) is 32.8 Å². The average molecular weight is 220 g/mol. The number of hydrogen-bond acceptors (Lipinski definition) is 2. The Hall–Kier alpha value is -0.860. The minimum absolute atomic E-state index is 0.154. The van der Waals surface area contributed by atoms with E-state index in [1.165, 1.54) is 5.56 Å². The Bertz CT molecular complexity index is 349. The predicted octanol–water partition coefficient (Wildman–Crippen LogP) is 3.12. The van der Waals surface area contributed by atoms with Crippen LogP contribution in [0.2, 0.25) is 0 Å². The van der Waals surface area contributed by atoms with E-state index in [2.05, 4.69) is 31.2 Å². The van der Waals surface area contributed by atoms with E-state index in [1.807, 2.05) is 19.9 Å². The first-order valence-electron chi connectivity index (χ1n) is 6.02. The number of ether oxygens (including phenoxy) is 2. The van der Waals surface area contributed by atoms with Gasteiger partial charge in [0.15, 0.2) is 0 Å². The van der Waals surface area contributed by atoms with Gasteiger partial charge in [0, 0.05) is 19.6 Å². The maximum atomic E-state index is 5.97. The molecule has 0 radical (unpaired) electrons. The van der Waals surface area contributed by atoms with E-state index in [0.29, 0.717) is 0 Å². The molecule has 2 atom stereocenters. The molecule has 0 saturated heterocycles. The van der Waals surface area contributed by atoms with Crippen molar-refractivity contribution in [3.05, 3.63) is 35.9 Å². The molecule has 1 aliphatic carbocycles. The van der Waals surface area contributed by atoms with Crippen molar-refractivity contribution < 1.29 is 9.47 Å². The summed E-state index contributed by atoms with van der Waals surface area (Å²) in [7, 11) is 0. The zero-order chi connectivity index (χ0) is 11.6. The van der Waals surface area contributed by atoms with Crippen molar-refractivity contribution >= 4 is 0 Å². The Balaban J connectivity index is 2.27. The predicted molar refractivity (Wildman–Crippen MR) is 64.4 cm³/mol. The molecule has 0 unspecified atom stereocenters. The number of benzene rings is 1. The lowest BCUT2D eigenvalue weighted by Crippen LogP contribution is -2.27.